The van der Waals surface area contributed by atoms with Gasteiger partial charge in [0.2, 0.25) is 11.7 Å². The van der Waals surface area contributed by atoms with Gasteiger partial charge in [-0.2, -0.15) is 0 Å². The Morgan fingerprint density at radius 3 is 2.20 bits per heavy atom. The lowest BCUT2D eigenvalue weighted by Gasteiger charge is -2.37. The van der Waals surface area contributed by atoms with E-state index in [-0.39, 0.29) is 5.92 Å². The Balaban J connectivity index is 1.20. The highest BCUT2D eigenvalue weighted by atomic mass is 16.5. The summed E-state index contributed by atoms with van der Waals surface area (Å²) < 4.78 is 16.4. The fourth-order valence-corrected chi connectivity index (χ4v) is 6.10. The molecule has 3 aliphatic carbocycles. The Hall–Kier alpha value is -2.21. The van der Waals surface area contributed by atoms with E-state index < -0.39 is 0 Å². The summed E-state index contributed by atoms with van der Waals surface area (Å²) in [6, 6.07) is 4.02. The van der Waals surface area contributed by atoms with Gasteiger partial charge >= 0.3 is 0 Å². The van der Waals surface area contributed by atoms with Crippen LogP contribution in [0.3, 0.4) is 0 Å². The molecule has 2 bridgehead atoms. The molecule has 0 radical (unpaired) electrons. The van der Waals surface area contributed by atoms with E-state index in [9.17, 15) is 4.79 Å². The van der Waals surface area contributed by atoms with Crippen molar-refractivity contribution in [3.8, 4) is 17.2 Å². The lowest BCUT2D eigenvalue weighted by atomic mass is 9.88. The molecule has 0 aromatic heterocycles. The molecule has 1 spiro atoms. The first-order chi connectivity index (χ1) is 14.6. The van der Waals surface area contributed by atoms with E-state index in [4.69, 9.17) is 14.2 Å². The van der Waals surface area contributed by atoms with E-state index in [1.165, 1.54) is 12.8 Å². The molecule has 1 aromatic carbocycles. The average molecular weight is 413 g/mol. The van der Waals surface area contributed by atoms with Crippen LogP contribution in [0.5, 0.6) is 17.2 Å². The fraction of sp³-hybridized carbons (Fsp3) is 0.625. The zero-order chi connectivity index (χ0) is 20.9. The predicted octanol–water partition coefficient (Wildman–Crippen LogP) is 2.96. The summed E-state index contributed by atoms with van der Waals surface area (Å²) in [4.78, 5) is 17.7. The molecule has 0 N–H and O–H groups in total. The van der Waals surface area contributed by atoms with E-state index >= 15 is 0 Å². The predicted molar refractivity (Wildman–Crippen MR) is 114 cm³/mol. The highest BCUT2D eigenvalue weighted by molar-refractivity contribution is 5.80. The van der Waals surface area contributed by atoms with Crippen molar-refractivity contribution in [2.75, 3.05) is 47.5 Å². The molecular formula is C24H32N2O4. The van der Waals surface area contributed by atoms with Crippen LogP contribution in [0.4, 0.5) is 0 Å². The van der Waals surface area contributed by atoms with Gasteiger partial charge in [0, 0.05) is 38.6 Å². The van der Waals surface area contributed by atoms with Crippen LogP contribution in [0.15, 0.2) is 24.3 Å². The monoisotopic (exact) mass is 412 g/mol. The first kappa shape index (κ1) is 19.7. The molecule has 1 amide bonds. The lowest BCUT2D eigenvalue weighted by Crippen LogP contribution is -2.50. The van der Waals surface area contributed by atoms with Crippen LogP contribution in [-0.4, -0.2) is 63.2 Å². The van der Waals surface area contributed by atoms with Gasteiger partial charge in [-0.25, -0.2) is 0 Å². The summed E-state index contributed by atoms with van der Waals surface area (Å²) in [6.07, 6.45) is 8.45. The average Bonchev–Trinajstić information content (AvgIpc) is 3.45. The van der Waals surface area contributed by atoms with Crippen LogP contribution in [0.1, 0.15) is 24.8 Å². The Morgan fingerprint density at radius 1 is 1.00 bits per heavy atom. The molecule has 6 heteroatoms. The third-order valence-electron chi connectivity index (χ3n) is 7.85. The number of hydrogen-bond acceptors (Lipinski definition) is 5. The summed E-state index contributed by atoms with van der Waals surface area (Å²) in [6.45, 7) is 4.22. The number of allylic oxidation sites excluding steroid dienone is 2. The molecule has 6 nitrogen and oxygen atoms in total. The molecule has 3 atom stereocenters. The number of hydrogen-bond donors (Lipinski definition) is 0. The quantitative estimate of drug-likeness (QED) is 0.673. The molecule has 2 saturated carbocycles. The van der Waals surface area contributed by atoms with E-state index in [1.54, 1.807) is 21.3 Å². The van der Waals surface area contributed by atoms with Crippen LogP contribution >= 0.6 is 0 Å². The molecular weight excluding hydrogens is 380 g/mol. The topological polar surface area (TPSA) is 51.2 Å². The Bertz CT molecular complexity index is 830. The summed E-state index contributed by atoms with van der Waals surface area (Å²) in [5.41, 5.74) is 1.60. The molecule has 3 unspecified atom stereocenters. The Labute approximate surface area is 178 Å². The minimum absolute atomic E-state index is 0.226. The number of piperazine rings is 1. The first-order valence-electron chi connectivity index (χ1n) is 11.1. The lowest BCUT2D eigenvalue weighted by molar-refractivity contribution is -0.138. The van der Waals surface area contributed by atoms with Gasteiger partial charge in [-0.1, -0.05) is 12.2 Å². The highest BCUT2D eigenvalue weighted by Gasteiger charge is 2.64. The molecule has 1 heterocycles. The maximum absolute atomic E-state index is 13.2. The number of amides is 1. The van der Waals surface area contributed by atoms with E-state index in [0.29, 0.717) is 40.4 Å². The van der Waals surface area contributed by atoms with Gasteiger partial charge in [-0.05, 0) is 54.2 Å². The Kier molecular flexibility index (Phi) is 4.92. The van der Waals surface area contributed by atoms with E-state index in [1.807, 2.05) is 12.1 Å². The minimum Gasteiger partial charge on any atom is -0.493 e. The van der Waals surface area contributed by atoms with Crippen molar-refractivity contribution in [2.45, 2.75) is 25.8 Å². The largest absolute Gasteiger partial charge is 0.493 e. The van der Waals surface area contributed by atoms with Crippen LogP contribution in [0.2, 0.25) is 0 Å². The molecule has 5 rings (SSSR count). The van der Waals surface area contributed by atoms with Crippen LogP contribution in [0, 0.1) is 23.2 Å². The zero-order valence-corrected chi connectivity index (χ0v) is 18.2. The van der Waals surface area contributed by atoms with Crippen molar-refractivity contribution in [1.82, 2.24) is 9.80 Å². The summed E-state index contributed by atoms with van der Waals surface area (Å²) in [7, 11) is 4.90. The van der Waals surface area contributed by atoms with Crippen LogP contribution < -0.4 is 14.2 Å². The molecule has 1 saturated heterocycles. The van der Waals surface area contributed by atoms with Gasteiger partial charge in [0.15, 0.2) is 11.5 Å². The summed E-state index contributed by atoms with van der Waals surface area (Å²) in [5, 5.41) is 0. The number of ether oxygens (including phenoxy) is 3. The number of methoxy groups -OCH3 is 3. The number of rotatable bonds is 6. The summed E-state index contributed by atoms with van der Waals surface area (Å²) >= 11 is 0. The molecule has 1 aromatic rings. The van der Waals surface area contributed by atoms with Gasteiger partial charge in [-0.3, -0.25) is 9.69 Å². The second-order valence-corrected chi connectivity index (χ2v) is 9.23. The van der Waals surface area contributed by atoms with Gasteiger partial charge in [0.05, 0.1) is 21.3 Å². The fourth-order valence-electron chi connectivity index (χ4n) is 6.10. The number of benzene rings is 1. The van der Waals surface area contributed by atoms with Crippen molar-refractivity contribution in [2.24, 2.45) is 23.2 Å². The van der Waals surface area contributed by atoms with Gasteiger partial charge in [-0.15, -0.1) is 0 Å². The Morgan fingerprint density at radius 2 is 1.67 bits per heavy atom. The van der Waals surface area contributed by atoms with Gasteiger partial charge in [0.1, 0.15) is 0 Å². The maximum atomic E-state index is 13.2. The zero-order valence-electron chi connectivity index (χ0n) is 18.2. The van der Waals surface area contributed by atoms with Crippen molar-refractivity contribution >= 4 is 5.91 Å². The van der Waals surface area contributed by atoms with Gasteiger partial charge < -0.3 is 19.1 Å². The number of carbonyl (C=O) groups excluding carboxylic acids is 1. The number of carbonyl (C=O) groups is 1. The van der Waals surface area contributed by atoms with E-state index in [0.717, 1.165) is 44.7 Å². The third-order valence-corrected chi connectivity index (χ3v) is 7.85. The van der Waals surface area contributed by atoms with Gasteiger partial charge in [0.25, 0.3) is 0 Å². The van der Waals surface area contributed by atoms with Crippen molar-refractivity contribution in [3.05, 3.63) is 29.8 Å². The molecule has 162 valence electrons. The molecule has 4 aliphatic rings. The number of nitrogens with zero attached hydrogens (tertiary/aromatic N) is 2. The summed E-state index contributed by atoms with van der Waals surface area (Å²) in [5.74, 6) is 3.77. The second-order valence-electron chi connectivity index (χ2n) is 9.23. The second kappa shape index (κ2) is 7.49. The highest BCUT2D eigenvalue weighted by Crippen LogP contribution is 2.70. The smallest absolute Gasteiger partial charge is 0.226 e. The van der Waals surface area contributed by atoms with Crippen LogP contribution in [-0.2, 0) is 11.3 Å². The molecule has 1 aliphatic heterocycles. The minimum atomic E-state index is 0.226. The van der Waals surface area contributed by atoms with Crippen molar-refractivity contribution < 1.29 is 19.0 Å². The normalized spacial score (nSPS) is 28.8. The third kappa shape index (κ3) is 3.08. The van der Waals surface area contributed by atoms with Crippen molar-refractivity contribution in [3.63, 3.8) is 0 Å². The molecule has 3 fully saturated rings. The maximum Gasteiger partial charge on any atom is 0.226 e. The SMILES string of the molecule is COc1cc(CN2CCN(C(=O)C3CC4C=CC3C43CC3)CC2)cc(OC)c1OC. The van der Waals surface area contributed by atoms with E-state index in [2.05, 4.69) is 22.0 Å². The van der Waals surface area contributed by atoms with Crippen LogP contribution in [0.25, 0.3) is 0 Å². The first-order valence-corrected chi connectivity index (χ1v) is 11.1. The standard InChI is InChI=1S/C24H32N2O4/c1-28-20-12-16(13-21(29-2)22(20)30-3)15-25-8-10-26(11-9-25)23(27)18-14-17-4-5-19(18)24(17)6-7-24/h4-5,12-13,17-19H,6-11,14-15H2,1-3H3. The van der Waals surface area contributed by atoms with Crippen molar-refractivity contribution in [1.29, 1.82) is 0 Å². The molecule has 30 heavy (non-hydrogen) atoms.